The number of benzene rings is 1. The van der Waals surface area contributed by atoms with Crippen LogP contribution in [0.2, 0.25) is 0 Å². The molecule has 0 amide bonds. The van der Waals surface area contributed by atoms with Crippen molar-refractivity contribution in [3.63, 3.8) is 0 Å². The van der Waals surface area contributed by atoms with Crippen molar-refractivity contribution in [1.82, 2.24) is 4.98 Å². The standard InChI is InChI=1S/C18H25NO/c1-7-20-17-13-9-8-10-15(18(4,5)6)16(13)19-11-14(17)12(2)3/h8-12H,7H2,1-6H3. The number of para-hydroxylation sites is 1. The lowest BCUT2D eigenvalue weighted by Gasteiger charge is -2.22. The van der Waals surface area contributed by atoms with Crippen LogP contribution >= 0.6 is 0 Å². The van der Waals surface area contributed by atoms with Crippen molar-refractivity contribution in [3.05, 3.63) is 35.5 Å². The number of fused-ring (bicyclic) bond motifs is 1. The van der Waals surface area contributed by atoms with Gasteiger partial charge in [0.05, 0.1) is 12.1 Å². The van der Waals surface area contributed by atoms with E-state index in [-0.39, 0.29) is 5.41 Å². The highest BCUT2D eigenvalue weighted by Crippen LogP contribution is 2.37. The van der Waals surface area contributed by atoms with Crippen LogP contribution in [0.5, 0.6) is 5.75 Å². The number of ether oxygens (including phenoxy) is 1. The molecule has 0 spiro atoms. The van der Waals surface area contributed by atoms with E-state index < -0.39 is 0 Å². The zero-order chi connectivity index (χ0) is 14.9. The van der Waals surface area contributed by atoms with Crippen molar-refractivity contribution in [3.8, 4) is 5.75 Å². The molecule has 0 saturated heterocycles. The highest BCUT2D eigenvalue weighted by atomic mass is 16.5. The van der Waals surface area contributed by atoms with E-state index in [4.69, 9.17) is 9.72 Å². The van der Waals surface area contributed by atoms with Crippen LogP contribution in [0.4, 0.5) is 0 Å². The zero-order valence-corrected chi connectivity index (χ0v) is 13.4. The molecule has 108 valence electrons. The fourth-order valence-corrected chi connectivity index (χ4v) is 2.54. The Balaban J connectivity index is 2.78. The molecule has 0 aliphatic heterocycles. The van der Waals surface area contributed by atoms with E-state index in [1.165, 1.54) is 11.1 Å². The van der Waals surface area contributed by atoms with Gasteiger partial charge in [-0.05, 0) is 29.9 Å². The summed E-state index contributed by atoms with van der Waals surface area (Å²) in [5.74, 6) is 1.41. The van der Waals surface area contributed by atoms with Crippen LogP contribution in [0, 0.1) is 0 Å². The highest BCUT2D eigenvalue weighted by Gasteiger charge is 2.20. The monoisotopic (exact) mass is 271 g/mol. The fourth-order valence-electron chi connectivity index (χ4n) is 2.54. The van der Waals surface area contributed by atoms with Crippen LogP contribution in [-0.2, 0) is 5.41 Å². The van der Waals surface area contributed by atoms with E-state index in [0.717, 1.165) is 16.7 Å². The molecule has 0 aliphatic rings. The molecule has 0 atom stereocenters. The fraction of sp³-hybridized carbons (Fsp3) is 0.500. The average Bonchev–Trinajstić information content (AvgIpc) is 2.37. The maximum atomic E-state index is 5.94. The molecule has 2 aromatic rings. The van der Waals surface area contributed by atoms with Crippen LogP contribution in [0.1, 0.15) is 58.6 Å². The number of pyridine rings is 1. The van der Waals surface area contributed by atoms with Crippen LogP contribution < -0.4 is 4.74 Å². The third kappa shape index (κ3) is 2.65. The van der Waals surface area contributed by atoms with E-state index >= 15 is 0 Å². The topological polar surface area (TPSA) is 22.1 Å². The highest BCUT2D eigenvalue weighted by molar-refractivity contribution is 5.89. The summed E-state index contributed by atoms with van der Waals surface area (Å²) < 4.78 is 5.94. The predicted octanol–water partition coefficient (Wildman–Crippen LogP) is 5.05. The van der Waals surface area contributed by atoms with Gasteiger partial charge in [0.15, 0.2) is 0 Å². The Hall–Kier alpha value is -1.57. The van der Waals surface area contributed by atoms with Crippen LogP contribution in [-0.4, -0.2) is 11.6 Å². The third-order valence-corrected chi connectivity index (χ3v) is 3.59. The van der Waals surface area contributed by atoms with Gasteiger partial charge in [0.25, 0.3) is 0 Å². The van der Waals surface area contributed by atoms with Crippen molar-refractivity contribution in [2.24, 2.45) is 0 Å². The summed E-state index contributed by atoms with van der Waals surface area (Å²) in [6.07, 6.45) is 1.98. The lowest BCUT2D eigenvalue weighted by Crippen LogP contribution is -2.12. The third-order valence-electron chi connectivity index (χ3n) is 3.59. The first kappa shape index (κ1) is 14.8. The molecule has 0 saturated carbocycles. The first-order valence-electron chi connectivity index (χ1n) is 7.41. The largest absolute Gasteiger partial charge is 0.493 e. The summed E-state index contributed by atoms with van der Waals surface area (Å²) in [6, 6.07) is 6.39. The molecule has 2 nitrogen and oxygen atoms in total. The van der Waals surface area contributed by atoms with E-state index in [9.17, 15) is 0 Å². The number of hydrogen-bond donors (Lipinski definition) is 0. The maximum absolute atomic E-state index is 5.94. The summed E-state index contributed by atoms with van der Waals surface area (Å²) >= 11 is 0. The van der Waals surface area contributed by atoms with E-state index in [0.29, 0.717) is 12.5 Å². The second kappa shape index (κ2) is 5.43. The smallest absolute Gasteiger partial charge is 0.133 e. The molecule has 0 N–H and O–H groups in total. The SMILES string of the molecule is CCOc1c(C(C)C)cnc2c(C(C)(C)C)cccc12. The molecule has 0 bridgehead atoms. The molecule has 1 aromatic carbocycles. The number of nitrogens with zero attached hydrogens (tertiary/aromatic N) is 1. The number of rotatable bonds is 3. The quantitative estimate of drug-likeness (QED) is 0.779. The first-order valence-corrected chi connectivity index (χ1v) is 7.41. The molecule has 20 heavy (non-hydrogen) atoms. The van der Waals surface area contributed by atoms with Gasteiger partial charge in [-0.3, -0.25) is 4.98 Å². The molecule has 0 radical (unpaired) electrons. The lowest BCUT2D eigenvalue weighted by atomic mass is 9.85. The Morgan fingerprint density at radius 3 is 2.45 bits per heavy atom. The van der Waals surface area contributed by atoms with Crippen molar-refractivity contribution in [1.29, 1.82) is 0 Å². The molecule has 1 aromatic heterocycles. The van der Waals surface area contributed by atoms with Gasteiger partial charge in [-0.15, -0.1) is 0 Å². The molecule has 2 rings (SSSR count). The minimum atomic E-state index is 0.0787. The Morgan fingerprint density at radius 1 is 1.20 bits per heavy atom. The first-order chi connectivity index (χ1) is 9.36. The maximum Gasteiger partial charge on any atom is 0.133 e. The van der Waals surface area contributed by atoms with Gasteiger partial charge in [-0.25, -0.2) is 0 Å². The van der Waals surface area contributed by atoms with Gasteiger partial charge in [-0.2, -0.15) is 0 Å². The normalized spacial score (nSPS) is 12.2. The number of aromatic nitrogens is 1. The summed E-state index contributed by atoms with van der Waals surface area (Å²) in [5.41, 5.74) is 3.60. The van der Waals surface area contributed by atoms with Crippen molar-refractivity contribution in [2.45, 2.75) is 52.9 Å². The number of hydrogen-bond acceptors (Lipinski definition) is 2. The molecule has 0 fully saturated rings. The van der Waals surface area contributed by atoms with Gasteiger partial charge < -0.3 is 4.74 Å². The summed E-state index contributed by atoms with van der Waals surface area (Å²) in [4.78, 5) is 4.73. The minimum absolute atomic E-state index is 0.0787. The minimum Gasteiger partial charge on any atom is -0.493 e. The zero-order valence-electron chi connectivity index (χ0n) is 13.4. The van der Waals surface area contributed by atoms with Gasteiger partial charge in [0, 0.05) is 17.1 Å². The Labute approximate surface area is 122 Å². The van der Waals surface area contributed by atoms with E-state index in [1.807, 2.05) is 13.1 Å². The summed E-state index contributed by atoms with van der Waals surface area (Å²) in [6.45, 7) is 13.7. The summed E-state index contributed by atoms with van der Waals surface area (Å²) in [5, 5.41) is 1.13. The second-order valence-electron chi connectivity index (χ2n) is 6.58. The predicted molar refractivity (Wildman–Crippen MR) is 85.7 cm³/mol. The van der Waals surface area contributed by atoms with Crippen molar-refractivity contribution in [2.75, 3.05) is 6.61 Å². The lowest BCUT2D eigenvalue weighted by molar-refractivity contribution is 0.339. The van der Waals surface area contributed by atoms with Crippen molar-refractivity contribution >= 4 is 10.9 Å². The Bertz CT molecular complexity index is 609. The van der Waals surface area contributed by atoms with Gasteiger partial charge in [0.1, 0.15) is 5.75 Å². The van der Waals surface area contributed by atoms with Crippen LogP contribution in [0.15, 0.2) is 24.4 Å². The Kier molecular flexibility index (Phi) is 4.03. The molecule has 2 heteroatoms. The molecule has 0 unspecified atom stereocenters. The molecule has 0 aliphatic carbocycles. The molecular weight excluding hydrogens is 246 g/mol. The van der Waals surface area contributed by atoms with E-state index in [2.05, 4.69) is 52.8 Å². The molecule has 1 heterocycles. The van der Waals surface area contributed by atoms with Gasteiger partial charge in [-0.1, -0.05) is 46.8 Å². The van der Waals surface area contributed by atoms with Crippen molar-refractivity contribution < 1.29 is 4.74 Å². The Morgan fingerprint density at radius 2 is 1.90 bits per heavy atom. The van der Waals surface area contributed by atoms with E-state index in [1.54, 1.807) is 0 Å². The van der Waals surface area contributed by atoms with Crippen LogP contribution in [0.3, 0.4) is 0 Å². The van der Waals surface area contributed by atoms with Crippen LogP contribution in [0.25, 0.3) is 10.9 Å². The summed E-state index contributed by atoms with van der Waals surface area (Å²) in [7, 11) is 0. The average molecular weight is 271 g/mol. The van der Waals surface area contributed by atoms with Gasteiger partial charge >= 0.3 is 0 Å². The second-order valence-corrected chi connectivity index (χ2v) is 6.58. The molecular formula is C18H25NO. The van der Waals surface area contributed by atoms with Gasteiger partial charge in [0.2, 0.25) is 0 Å².